The van der Waals surface area contributed by atoms with Gasteiger partial charge in [0.15, 0.2) is 0 Å². The Labute approximate surface area is 76.6 Å². The summed E-state index contributed by atoms with van der Waals surface area (Å²) in [6.45, 7) is 0. The topological polar surface area (TPSA) is 57.5 Å². The third-order valence-corrected chi connectivity index (χ3v) is 3.21. The maximum atomic E-state index is 10.9. The van der Waals surface area contributed by atoms with Crippen molar-refractivity contribution in [3.63, 3.8) is 0 Å². The van der Waals surface area contributed by atoms with Gasteiger partial charge in [0.1, 0.15) is 0 Å². The predicted molar refractivity (Wildman–Crippen MR) is 50.1 cm³/mol. The van der Waals surface area contributed by atoms with Gasteiger partial charge in [0.25, 0.3) is 0 Å². The summed E-state index contributed by atoms with van der Waals surface area (Å²) in [5.41, 5.74) is 1.06. The van der Waals surface area contributed by atoms with E-state index in [0.29, 0.717) is 5.92 Å². The molecule has 0 aliphatic heterocycles. The molecule has 3 nitrogen and oxygen atoms in total. The molecule has 1 saturated carbocycles. The van der Waals surface area contributed by atoms with Gasteiger partial charge >= 0.3 is 7.60 Å². The number of rotatable bonds is 2. The fourth-order valence-corrected chi connectivity index (χ4v) is 1.97. The van der Waals surface area contributed by atoms with Crippen molar-refractivity contribution in [1.82, 2.24) is 0 Å². The molecular formula is C9H11O3P. The van der Waals surface area contributed by atoms with E-state index in [9.17, 15) is 4.57 Å². The summed E-state index contributed by atoms with van der Waals surface area (Å²) in [5.74, 6) is 0.534. The van der Waals surface area contributed by atoms with E-state index in [4.69, 9.17) is 9.79 Å². The maximum Gasteiger partial charge on any atom is 0.356 e. The van der Waals surface area contributed by atoms with E-state index in [-0.39, 0.29) is 5.30 Å². The molecule has 0 heterocycles. The lowest BCUT2D eigenvalue weighted by Gasteiger charge is -2.05. The molecule has 1 aliphatic rings. The maximum absolute atomic E-state index is 10.9. The van der Waals surface area contributed by atoms with Gasteiger partial charge in [-0.3, -0.25) is 4.57 Å². The van der Waals surface area contributed by atoms with Crippen LogP contribution in [0.4, 0.5) is 0 Å². The lowest BCUT2D eigenvalue weighted by atomic mass is 10.1. The first-order valence-corrected chi connectivity index (χ1v) is 5.85. The standard InChI is InChI=1S/C9H11O3P/c10-13(11,12)9-3-1-2-8(6-9)7-4-5-7/h1-3,6-7H,4-5H2,(H2,10,11,12). The third kappa shape index (κ3) is 1.99. The smallest absolute Gasteiger partial charge is 0.321 e. The van der Waals surface area contributed by atoms with Gasteiger partial charge in [-0.2, -0.15) is 0 Å². The minimum atomic E-state index is -4.06. The molecule has 1 aromatic carbocycles. The van der Waals surface area contributed by atoms with Crippen LogP contribution in [0.25, 0.3) is 0 Å². The molecule has 1 aliphatic carbocycles. The van der Waals surface area contributed by atoms with Gasteiger partial charge < -0.3 is 9.79 Å². The van der Waals surface area contributed by atoms with Crippen molar-refractivity contribution in [3.8, 4) is 0 Å². The second kappa shape index (κ2) is 2.95. The summed E-state index contributed by atoms with van der Waals surface area (Å²) in [6.07, 6.45) is 2.29. The molecule has 0 atom stereocenters. The molecule has 0 radical (unpaired) electrons. The quantitative estimate of drug-likeness (QED) is 0.705. The molecule has 4 heteroatoms. The van der Waals surface area contributed by atoms with Crippen LogP contribution in [0.5, 0.6) is 0 Å². The second-order valence-electron chi connectivity index (χ2n) is 3.41. The molecule has 70 valence electrons. The molecular weight excluding hydrogens is 187 g/mol. The highest BCUT2D eigenvalue weighted by molar-refractivity contribution is 7.60. The highest BCUT2D eigenvalue weighted by Crippen LogP contribution is 2.41. The summed E-state index contributed by atoms with van der Waals surface area (Å²) in [6, 6.07) is 6.74. The van der Waals surface area contributed by atoms with Crippen LogP contribution in [0, 0.1) is 0 Å². The molecule has 0 aromatic heterocycles. The van der Waals surface area contributed by atoms with Gasteiger partial charge in [-0.05, 0) is 36.5 Å². The van der Waals surface area contributed by atoms with E-state index < -0.39 is 7.60 Å². The van der Waals surface area contributed by atoms with Crippen LogP contribution < -0.4 is 5.30 Å². The van der Waals surface area contributed by atoms with E-state index in [1.165, 1.54) is 6.07 Å². The van der Waals surface area contributed by atoms with Crippen molar-refractivity contribution >= 4 is 12.9 Å². The van der Waals surface area contributed by atoms with Gasteiger partial charge in [-0.15, -0.1) is 0 Å². The third-order valence-electron chi connectivity index (χ3n) is 2.26. The highest BCUT2D eigenvalue weighted by atomic mass is 31.2. The van der Waals surface area contributed by atoms with Crippen molar-refractivity contribution < 1.29 is 14.4 Å². The first-order valence-electron chi connectivity index (χ1n) is 4.23. The molecule has 1 aromatic rings. The summed E-state index contributed by atoms with van der Waals surface area (Å²) in [4.78, 5) is 17.9. The van der Waals surface area contributed by atoms with Crippen molar-refractivity contribution in [2.75, 3.05) is 0 Å². The van der Waals surface area contributed by atoms with Gasteiger partial charge in [0, 0.05) is 0 Å². The van der Waals surface area contributed by atoms with Crippen LogP contribution in [0.3, 0.4) is 0 Å². The molecule has 0 saturated heterocycles. The Morgan fingerprint density at radius 1 is 1.31 bits per heavy atom. The monoisotopic (exact) mass is 198 g/mol. The molecule has 2 N–H and O–H groups in total. The largest absolute Gasteiger partial charge is 0.356 e. The van der Waals surface area contributed by atoms with Crippen LogP contribution in [0.15, 0.2) is 24.3 Å². The fraction of sp³-hybridized carbons (Fsp3) is 0.333. The zero-order valence-electron chi connectivity index (χ0n) is 7.05. The van der Waals surface area contributed by atoms with E-state index >= 15 is 0 Å². The predicted octanol–water partition coefficient (Wildman–Crippen LogP) is 1.37. The molecule has 0 unspecified atom stereocenters. The average Bonchev–Trinajstić information content (AvgIpc) is 2.85. The Kier molecular flexibility index (Phi) is 2.03. The average molecular weight is 198 g/mol. The minimum absolute atomic E-state index is 0.136. The molecule has 13 heavy (non-hydrogen) atoms. The lowest BCUT2D eigenvalue weighted by molar-refractivity contribution is 0.387. The first-order chi connectivity index (χ1) is 6.07. The Bertz CT molecular complexity index is 365. The Hall–Kier alpha value is -0.630. The molecule has 1 fully saturated rings. The van der Waals surface area contributed by atoms with Gasteiger partial charge in [0.05, 0.1) is 5.30 Å². The van der Waals surface area contributed by atoms with Crippen molar-refractivity contribution in [2.24, 2.45) is 0 Å². The number of hydrogen-bond donors (Lipinski definition) is 2. The Balaban J connectivity index is 2.37. The van der Waals surface area contributed by atoms with Crippen LogP contribution in [0.2, 0.25) is 0 Å². The van der Waals surface area contributed by atoms with Crippen molar-refractivity contribution in [3.05, 3.63) is 29.8 Å². The van der Waals surface area contributed by atoms with Crippen LogP contribution in [-0.2, 0) is 4.57 Å². The summed E-state index contributed by atoms with van der Waals surface area (Å²) in [7, 11) is -4.06. The fourth-order valence-electron chi connectivity index (χ4n) is 1.38. The van der Waals surface area contributed by atoms with Crippen molar-refractivity contribution in [1.29, 1.82) is 0 Å². The van der Waals surface area contributed by atoms with Crippen LogP contribution in [-0.4, -0.2) is 9.79 Å². The Morgan fingerprint density at radius 3 is 2.54 bits per heavy atom. The normalized spacial score (nSPS) is 17.4. The molecule has 0 bridgehead atoms. The van der Waals surface area contributed by atoms with Crippen molar-refractivity contribution in [2.45, 2.75) is 18.8 Å². The van der Waals surface area contributed by atoms with Gasteiger partial charge in [-0.1, -0.05) is 12.1 Å². The summed E-state index contributed by atoms with van der Waals surface area (Å²) in [5, 5.41) is 0.136. The SMILES string of the molecule is O=P(O)(O)c1cccc(C2CC2)c1. The zero-order chi connectivity index (χ0) is 9.47. The number of hydrogen-bond acceptors (Lipinski definition) is 1. The summed E-state index contributed by atoms with van der Waals surface area (Å²) >= 11 is 0. The minimum Gasteiger partial charge on any atom is -0.321 e. The zero-order valence-corrected chi connectivity index (χ0v) is 7.95. The van der Waals surface area contributed by atoms with E-state index in [2.05, 4.69) is 0 Å². The lowest BCUT2D eigenvalue weighted by Crippen LogP contribution is -2.03. The van der Waals surface area contributed by atoms with E-state index in [0.717, 1.165) is 18.4 Å². The van der Waals surface area contributed by atoms with Crippen LogP contribution in [0.1, 0.15) is 24.3 Å². The van der Waals surface area contributed by atoms with E-state index in [1.807, 2.05) is 6.07 Å². The number of benzene rings is 1. The van der Waals surface area contributed by atoms with Gasteiger partial charge in [0.2, 0.25) is 0 Å². The molecule has 2 rings (SSSR count). The highest BCUT2D eigenvalue weighted by Gasteiger charge is 2.25. The van der Waals surface area contributed by atoms with E-state index in [1.54, 1.807) is 12.1 Å². The molecule has 0 amide bonds. The first kappa shape index (κ1) is 8.95. The second-order valence-corrected chi connectivity index (χ2v) is 5.02. The summed E-state index contributed by atoms with van der Waals surface area (Å²) < 4.78 is 10.9. The van der Waals surface area contributed by atoms with Crippen LogP contribution >= 0.6 is 7.60 Å². The van der Waals surface area contributed by atoms with Gasteiger partial charge in [-0.25, -0.2) is 0 Å². The Morgan fingerprint density at radius 2 is 2.00 bits per heavy atom. The molecule has 0 spiro atoms.